The third-order valence-electron chi connectivity index (χ3n) is 4.74. The molecule has 0 atom stereocenters. The minimum atomic E-state index is -0.568. The maximum absolute atomic E-state index is 14.2. The molecule has 3 aromatic rings. The molecule has 0 saturated heterocycles. The van der Waals surface area contributed by atoms with Crippen LogP contribution in [-0.4, -0.2) is 25.1 Å². The molecular weight excluding hydrogens is 445 g/mol. The molecule has 34 heavy (non-hydrogen) atoms. The zero-order valence-corrected chi connectivity index (χ0v) is 18.5. The molecule has 0 bridgehead atoms. The van der Waals surface area contributed by atoms with E-state index in [1.807, 2.05) is 0 Å². The number of hydrogen-bond acceptors (Lipinski definition) is 7. The number of nitrogens with zero attached hydrogens (tertiary/aromatic N) is 1. The van der Waals surface area contributed by atoms with Crippen molar-refractivity contribution in [3.8, 4) is 11.5 Å². The van der Waals surface area contributed by atoms with Gasteiger partial charge in [0.25, 0.3) is 5.69 Å². The van der Waals surface area contributed by atoms with Crippen molar-refractivity contribution in [2.24, 2.45) is 0 Å². The number of methoxy groups -OCH3 is 2. The van der Waals surface area contributed by atoms with Crippen molar-refractivity contribution in [2.75, 3.05) is 14.2 Å². The number of nitro groups is 1. The Morgan fingerprint density at radius 1 is 0.971 bits per heavy atom. The SMILES string of the molecule is CO/C=C(\C(=O)OC)c1ccccc1COc1cc(F)cc(OCc2ccc([N+](=O)[O-])cc2)c1. The number of non-ortho nitro benzene ring substituents is 1. The number of ether oxygens (including phenoxy) is 4. The van der Waals surface area contributed by atoms with Gasteiger partial charge in [-0.15, -0.1) is 0 Å². The summed E-state index contributed by atoms with van der Waals surface area (Å²) < 4.78 is 35.4. The largest absolute Gasteiger partial charge is 0.503 e. The third-order valence-corrected chi connectivity index (χ3v) is 4.74. The molecule has 0 unspecified atom stereocenters. The number of carbonyl (C=O) groups is 1. The van der Waals surface area contributed by atoms with Crippen molar-refractivity contribution in [1.82, 2.24) is 0 Å². The van der Waals surface area contributed by atoms with Crippen molar-refractivity contribution in [3.63, 3.8) is 0 Å². The maximum atomic E-state index is 14.2. The molecular formula is C25H22FNO7. The summed E-state index contributed by atoms with van der Waals surface area (Å²) in [5, 5.41) is 10.8. The molecule has 0 spiro atoms. The van der Waals surface area contributed by atoms with Crippen molar-refractivity contribution in [3.05, 3.63) is 106 Å². The van der Waals surface area contributed by atoms with Crippen LogP contribution in [0, 0.1) is 15.9 Å². The van der Waals surface area contributed by atoms with Crippen molar-refractivity contribution >= 4 is 17.2 Å². The smallest absolute Gasteiger partial charge is 0.341 e. The fourth-order valence-electron chi connectivity index (χ4n) is 3.10. The van der Waals surface area contributed by atoms with Gasteiger partial charge < -0.3 is 18.9 Å². The normalized spacial score (nSPS) is 11.0. The summed E-state index contributed by atoms with van der Waals surface area (Å²) in [6, 6.07) is 16.9. The van der Waals surface area contributed by atoms with Crippen molar-refractivity contribution in [2.45, 2.75) is 13.2 Å². The summed E-state index contributed by atoms with van der Waals surface area (Å²) in [6.07, 6.45) is 1.29. The van der Waals surface area contributed by atoms with E-state index >= 15 is 0 Å². The first-order valence-electron chi connectivity index (χ1n) is 10.1. The molecule has 3 rings (SSSR count). The van der Waals surface area contributed by atoms with Gasteiger partial charge in [0.2, 0.25) is 0 Å². The van der Waals surface area contributed by atoms with Gasteiger partial charge in [-0.05, 0) is 28.8 Å². The first-order valence-corrected chi connectivity index (χ1v) is 10.1. The van der Waals surface area contributed by atoms with Crippen LogP contribution in [0.1, 0.15) is 16.7 Å². The van der Waals surface area contributed by atoms with Crippen LogP contribution in [0.5, 0.6) is 11.5 Å². The number of nitro benzene ring substituents is 1. The van der Waals surface area contributed by atoms with Gasteiger partial charge in [-0.25, -0.2) is 9.18 Å². The Hall–Kier alpha value is -4.40. The van der Waals surface area contributed by atoms with E-state index < -0.39 is 16.7 Å². The molecule has 176 valence electrons. The van der Waals surface area contributed by atoms with Crippen LogP contribution in [0.25, 0.3) is 5.57 Å². The van der Waals surface area contributed by atoms with Crippen LogP contribution < -0.4 is 9.47 Å². The first-order chi connectivity index (χ1) is 16.4. The van der Waals surface area contributed by atoms with Crippen molar-refractivity contribution < 1.29 is 33.1 Å². The average Bonchev–Trinajstić information content (AvgIpc) is 2.84. The predicted molar refractivity (Wildman–Crippen MR) is 122 cm³/mol. The van der Waals surface area contributed by atoms with Gasteiger partial charge in [-0.3, -0.25) is 10.1 Å². The Morgan fingerprint density at radius 2 is 1.62 bits per heavy atom. The van der Waals surface area contributed by atoms with E-state index in [0.29, 0.717) is 16.7 Å². The van der Waals surface area contributed by atoms with E-state index in [0.717, 1.165) is 0 Å². The number of rotatable bonds is 10. The van der Waals surface area contributed by atoms with Gasteiger partial charge >= 0.3 is 5.97 Å². The predicted octanol–water partition coefficient (Wildman–Crippen LogP) is 5.05. The molecule has 0 aliphatic carbocycles. The Labute approximate surface area is 195 Å². The van der Waals surface area contributed by atoms with Gasteiger partial charge in [0, 0.05) is 30.3 Å². The minimum Gasteiger partial charge on any atom is -0.503 e. The van der Waals surface area contributed by atoms with E-state index in [2.05, 4.69) is 0 Å². The fourth-order valence-corrected chi connectivity index (χ4v) is 3.10. The summed E-state index contributed by atoms with van der Waals surface area (Å²) in [5.74, 6) is -0.666. The highest BCUT2D eigenvalue weighted by Crippen LogP contribution is 2.26. The summed E-state index contributed by atoms with van der Waals surface area (Å²) in [4.78, 5) is 22.4. The lowest BCUT2D eigenvalue weighted by Crippen LogP contribution is -2.08. The highest BCUT2D eigenvalue weighted by atomic mass is 19.1. The standard InChI is InChI=1S/C25H22FNO7/c1-31-16-24(25(28)32-2)23-6-4-3-5-18(23)15-34-22-12-19(26)11-21(13-22)33-14-17-7-9-20(10-8-17)27(29)30/h3-13,16H,14-15H2,1-2H3/b24-16-. The van der Waals surface area contributed by atoms with Crippen LogP contribution in [-0.2, 0) is 27.5 Å². The second-order valence-corrected chi connectivity index (χ2v) is 7.04. The molecule has 0 aliphatic rings. The molecule has 0 fully saturated rings. The van der Waals surface area contributed by atoms with Crippen LogP contribution in [0.4, 0.5) is 10.1 Å². The number of hydrogen-bond donors (Lipinski definition) is 0. The molecule has 8 nitrogen and oxygen atoms in total. The van der Waals surface area contributed by atoms with Gasteiger partial charge in [-0.2, -0.15) is 0 Å². The Morgan fingerprint density at radius 3 is 2.24 bits per heavy atom. The van der Waals surface area contributed by atoms with Gasteiger partial charge in [0.1, 0.15) is 36.1 Å². The number of benzene rings is 3. The zero-order valence-electron chi connectivity index (χ0n) is 18.5. The second-order valence-electron chi connectivity index (χ2n) is 7.04. The van der Waals surface area contributed by atoms with Crippen LogP contribution >= 0.6 is 0 Å². The second kappa shape index (κ2) is 11.5. The fraction of sp³-hybridized carbons (Fsp3) is 0.160. The molecule has 0 radical (unpaired) electrons. The maximum Gasteiger partial charge on any atom is 0.341 e. The monoisotopic (exact) mass is 467 g/mol. The lowest BCUT2D eigenvalue weighted by Gasteiger charge is -2.14. The van der Waals surface area contributed by atoms with E-state index in [1.54, 1.807) is 36.4 Å². The number of esters is 1. The summed E-state index contributed by atoms with van der Waals surface area (Å²) in [6.45, 7) is 0.132. The molecule has 3 aromatic carbocycles. The van der Waals surface area contributed by atoms with Gasteiger partial charge in [-0.1, -0.05) is 24.3 Å². The van der Waals surface area contributed by atoms with E-state index in [1.165, 1.54) is 50.8 Å². The molecule has 0 saturated carbocycles. The first kappa shape index (κ1) is 24.2. The zero-order chi connectivity index (χ0) is 24.5. The Bertz CT molecular complexity index is 1190. The Kier molecular flexibility index (Phi) is 8.17. The van der Waals surface area contributed by atoms with Crippen LogP contribution in [0.3, 0.4) is 0 Å². The highest BCUT2D eigenvalue weighted by molar-refractivity contribution is 6.16. The van der Waals surface area contributed by atoms with Gasteiger partial charge in [0.05, 0.1) is 25.4 Å². The Balaban J connectivity index is 1.72. The average molecular weight is 467 g/mol. The quantitative estimate of drug-likeness (QED) is 0.135. The van der Waals surface area contributed by atoms with Crippen molar-refractivity contribution in [1.29, 1.82) is 0 Å². The summed E-state index contributed by atoms with van der Waals surface area (Å²) in [5.41, 5.74) is 2.10. The minimum absolute atomic E-state index is 0.0267. The molecule has 0 aliphatic heterocycles. The molecule has 0 heterocycles. The lowest BCUT2D eigenvalue weighted by molar-refractivity contribution is -0.384. The molecule has 0 amide bonds. The van der Waals surface area contributed by atoms with E-state index in [-0.39, 0.29) is 36.0 Å². The highest BCUT2D eigenvalue weighted by Gasteiger charge is 2.17. The van der Waals surface area contributed by atoms with E-state index in [9.17, 15) is 19.3 Å². The number of carbonyl (C=O) groups excluding carboxylic acids is 1. The lowest BCUT2D eigenvalue weighted by atomic mass is 10.0. The molecule has 0 aromatic heterocycles. The van der Waals surface area contributed by atoms with E-state index in [4.69, 9.17) is 18.9 Å². The number of halogens is 1. The molecule has 9 heteroatoms. The van der Waals surface area contributed by atoms with Gasteiger partial charge in [0.15, 0.2) is 0 Å². The summed E-state index contributed by atoms with van der Waals surface area (Å²) >= 11 is 0. The topological polar surface area (TPSA) is 97.1 Å². The van der Waals surface area contributed by atoms with Crippen LogP contribution in [0.2, 0.25) is 0 Å². The van der Waals surface area contributed by atoms with Crippen LogP contribution in [0.15, 0.2) is 73.0 Å². The third kappa shape index (κ3) is 6.32. The summed E-state index contributed by atoms with van der Waals surface area (Å²) in [7, 11) is 2.70. The molecule has 0 N–H and O–H groups in total.